The van der Waals surface area contributed by atoms with Crippen molar-refractivity contribution in [2.75, 3.05) is 7.11 Å². The summed E-state index contributed by atoms with van der Waals surface area (Å²) in [6.07, 6.45) is 1.35. The van der Waals surface area contributed by atoms with E-state index in [0.717, 1.165) is 7.11 Å². The lowest BCUT2D eigenvalue weighted by Crippen LogP contribution is -2.25. The zero-order valence-electron chi connectivity index (χ0n) is 4.69. The Kier molecular flexibility index (Phi) is 1.25. The molecule has 0 aromatic rings. The van der Waals surface area contributed by atoms with Crippen LogP contribution >= 0.6 is 0 Å². The Hall–Kier alpha value is -0.150. The third-order valence-corrected chi connectivity index (χ3v) is 1.34. The van der Waals surface area contributed by atoms with Crippen molar-refractivity contribution in [3.8, 4) is 0 Å². The molecule has 0 spiro atoms. The number of halogens is 1. The molecule has 1 rings (SSSR count). The first-order chi connectivity index (χ1) is 3.67. The van der Waals surface area contributed by atoms with E-state index in [1.165, 1.54) is 0 Å². The standard InChI is InChI=1S/C5H8FO2/c1-8-5(6,7)4-2-3-4/h4H,2-3H2,1H3. The van der Waals surface area contributed by atoms with E-state index in [1.807, 2.05) is 0 Å². The summed E-state index contributed by atoms with van der Waals surface area (Å²) in [6.45, 7) is 0. The van der Waals surface area contributed by atoms with Gasteiger partial charge < -0.3 is 4.74 Å². The summed E-state index contributed by atoms with van der Waals surface area (Å²) in [5, 5.41) is 10.3. The third kappa shape index (κ3) is 0.980. The highest BCUT2D eigenvalue weighted by molar-refractivity contribution is 4.80. The fourth-order valence-corrected chi connectivity index (χ4v) is 0.595. The Morgan fingerprint density at radius 1 is 1.75 bits per heavy atom. The van der Waals surface area contributed by atoms with Crippen LogP contribution in [0.2, 0.25) is 0 Å². The van der Waals surface area contributed by atoms with Gasteiger partial charge in [-0.1, -0.05) is 0 Å². The first-order valence-electron chi connectivity index (χ1n) is 2.61. The van der Waals surface area contributed by atoms with E-state index in [9.17, 15) is 9.50 Å². The van der Waals surface area contributed by atoms with Crippen molar-refractivity contribution >= 4 is 0 Å². The molecule has 0 amide bonds. The van der Waals surface area contributed by atoms with E-state index >= 15 is 0 Å². The number of hydrogen-bond donors (Lipinski definition) is 0. The molecular weight excluding hydrogens is 111 g/mol. The van der Waals surface area contributed by atoms with E-state index in [4.69, 9.17) is 0 Å². The van der Waals surface area contributed by atoms with Gasteiger partial charge in [0.25, 0.3) is 0 Å². The van der Waals surface area contributed by atoms with Gasteiger partial charge in [-0.25, -0.2) is 0 Å². The average Bonchev–Trinajstić information content (AvgIpc) is 2.44. The first-order valence-corrected chi connectivity index (χ1v) is 2.61. The highest BCUT2D eigenvalue weighted by atomic mass is 19.2. The Bertz CT molecular complexity index is 88.4. The van der Waals surface area contributed by atoms with Crippen LogP contribution < -0.4 is 0 Å². The van der Waals surface area contributed by atoms with Gasteiger partial charge in [0.05, 0.1) is 0 Å². The van der Waals surface area contributed by atoms with Crippen LogP contribution in [-0.2, 0) is 9.84 Å². The summed E-state index contributed by atoms with van der Waals surface area (Å²) < 4.78 is 16.3. The van der Waals surface area contributed by atoms with E-state index in [1.54, 1.807) is 0 Å². The molecule has 2 nitrogen and oxygen atoms in total. The zero-order valence-corrected chi connectivity index (χ0v) is 4.69. The molecule has 0 saturated heterocycles. The summed E-state index contributed by atoms with van der Waals surface area (Å²) in [5.41, 5.74) is 0. The van der Waals surface area contributed by atoms with Crippen molar-refractivity contribution in [2.45, 2.75) is 18.9 Å². The predicted molar refractivity (Wildman–Crippen MR) is 24.3 cm³/mol. The molecule has 1 saturated carbocycles. The van der Waals surface area contributed by atoms with Crippen molar-refractivity contribution in [3.63, 3.8) is 0 Å². The number of methoxy groups -OCH3 is 1. The molecule has 3 heteroatoms. The molecule has 0 aromatic carbocycles. The van der Waals surface area contributed by atoms with Gasteiger partial charge >= 0.3 is 6.04 Å². The van der Waals surface area contributed by atoms with Crippen LogP contribution in [-0.4, -0.2) is 13.2 Å². The Balaban J connectivity index is 2.37. The molecule has 1 aliphatic carbocycles. The molecule has 8 heavy (non-hydrogen) atoms. The molecule has 47 valence electrons. The SMILES string of the molecule is COC([O])(F)C1CC1. The van der Waals surface area contributed by atoms with E-state index < -0.39 is 6.04 Å². The van der Waals surface area contributed by atoms with Crippen molar-refractivity contribution in [3.05, 3.63) is 0 Å². The van der Waals surface area contributed by atoms with Gasteiger partial charge in [0, 0.05) is 13.0 Å². The van der Waals surface area contributed by atoms with Gasteiger partial charge in [0.2, 0.25) is 0 Å². The van der Waals surface area contributed by atoms with Gasteiger partial charge in [-0.15, -0.1) is 0 Å². The highest BCUT2D eigenvalue weighted by Gasteiger charge is 2.46. The first kappa shape index (κ1) is 5.98. The minimum absolute atomic E-state index is 0.382. The van der Waals surface area contributed by atoms with Crippen LogP contribution in [0.15, 0.2) is 0 Å². The summed E-state index contributed by atoms with van der Waals surface area (Å²) in [7, 11) is 1.10. The second-order valence-corrected chi connectivity index (χ2v) is 2.06. The minimum atomic E-state index is -2.60. The maximum absolute atomic E-state index is 12.2. The van der Waals surface area contributed by atoms with Crippen LogP contribution in [0, 0.1) is 5.92 Å². The van der Waals surface area contributed by atoms with Crippen molar-refractivity contribution in [2.24, 2.45) is 5.92 Å². The van der Waals surface area contributed by atoms with Gasteiger partial charge in [-0.2, -0.15) is 9.50 Å². The van der Waals surface area contributed by atoms with Crippen molar-refractivity contribution in [1.82, 2.24) is 0 Å². The molecule has 1 radical (unpaired) electrons. The highest BCUT2D eigenvalue weighted by Crippen LogP contribution is 2.41. The average molecular weight is 119 g/mol. The predicted octanol–water partition coefficient (Wildman–Crippen LogP) is 1.10. The molecule has 1 fully saturated rings. The topological polar surface area (TPSA) is 29.1 Å². The molecular formula is C5H8FO2. The van der Waals surface area contributed by atoms with Crippen molar-refractivity contribution < 1.29 is 14.2 Å². The Morgan fingerprint density at radius 3 is 2.38 bits per heavy atom. The van der Waals surface area contributed by atoms with Gasteiger partial charge in [-0.3, -0.25) is 0 Å². The van der Waals surface area contributed by atoms with Gasteiger partial charge in [-0.05, 0) is 12.8 Å². The van der Waals surface area contributed by atoms with Crippen LogP contribution in [0.5, 0.6) is 0 Å². The lowest BCUT2D eigenvalue weighted by atomic mass is 10.4. The van der Waals surface area contributed by atoms with E-state index in [-0.39, 0.29) is 5.92 Å². The summed E-state index contributed by atoms with van der Waals surface area (Å²) in [5.74, 6) is -0.382. The smallest absolute Gasteiger partial charge is 0.325 e. The van der Waals surface area contributed by atoms with Crippen LogP contribution in [0.1, 0.15) is 12.8 Å². The minimum Gasteiger partial charge on any atom is -0.325 e. The monoisotopic (exact) mass is 119 g/mol. The van der Waals surface area contributed by atoms with E-state index in [2.05, 4.69) is 4.74 Å². The fraction of sp³-hybridized carbons (Fsp3) is 1.00. The molecule has 1 aliphatic rings. The molecule has 0 N–H and O–H groups in total. The van der Waals surface area contributed by atoms with E-state index in [0.29, 0.717) is 12.8 Å². The van der Waals surface area contributed by atoms with Gasteiger partial charge in [0.1, 0.15) is 0 Å². The maximum atomic E-state index is 12.2. The van der Waals surface area contributed by atoms with Crippen LogP contribution in [0.4, 0.5) is 4.39 Å². The lowest BCUT2D eigenvalue weighted by Gasteiger charge is -2.11. The number of hydrogen-bond acceptors (Lipinski definition) is 1. The Labute approximate surface area is 47.3 Å². The zero-order chi connectivity index (χ0) is 6.20. The molecule has 1 unspecified atom stereocenters. The Morgan fingerprint density at radius 2 is 2.25 bits per heavy atom. The quantitative estimate of drug-likeness (QED) is 0.500. The fourth-order valence-electron chi connectivity index (χ4n) is 0.595. The number of ether oxygens (including phenoxy) is 1. The van der Waals surface area contributed by atoms with Crippen LogP contribution in [0.25, 0.3) is 0 Å². The normalized spacial score (nSPS) is 27.4. The van der Waals surface area contributed by atoms with Crippen molar-refractivity contribution in [1.29, 1.82) is 0 Å². The summed E-state index contributed by atoms with van der Waals surface area (Å²) >= 11 is 0. The second-order valence-electron chi connectivity index (χ2n) is 2.06. The van der Waals surface area contributed by atoms with Crippen LogP contribution in [0.3, 0.4) is 0 Å². The number of rotatable bonds is 2. The third-order valence-electron chi connectivity index (χ3n) is 1.34. The second kappa shape index (κ2) is 1.67. The largest absolute Gasteiger partial charge is 0.350 e. The van der Waals surface area contributed by atoms with Gasteiger partial charge in [0.15, 0.2) is 0 Å². The molecule has 0 bridgehead atoms. The summed E-state index contributed by atoms with van der Waals surface area (Å²) in [4.78, 5) is 0. The molecule has 0 heterocycles. The molecule has 0 aliphatic heterocycles. The summed E-state index contributed by atoms with van der Waals surface area (Å²) in [6, 6.07) is -2.60. The number of alkyl halides is 1. The molecule has 1 atom stereocenters. The molecule has 0 aromatic heterocycles. The maximum Gasteiger partial charge on any atom is 0.350 e. The lowest BCUT2D eigenvalue weighted by molar-refractivity contribution is -0.323.